The third kappa shape index (κ3) is 3.59. The summed E-state index contributed by atoms with van der Waals surface area (Å²) in [6.07, 6.45) is 1.83. The van der Waals surface area contributed by atoms with Gasteiger partial charge >= 0.3 is 0 Å². The molecule has 0 spiro atoms. The standard InChI is InChI=1S/C23H22FN3O4/c1-12-7-14-15(26-12)3-4-17(22(14)24)31-18-10-21(28)27-16-9-20(19(29-2)8-13(16)18)30-11-23(25)5-6-23/h3-4,7-10,26H,5-6,11,25H2,1-2H3,(H,27,28). The van der Waals surface area contributed by atoms with E-state index in [2.05, 4.69) is 9.97 Å². The molecule has 1 saturated carbocycles. The number of nitrogens with two attached hydrogens (primary N) is 1. The van der Waals surface area contributed by atoms with Gasteiger partial charge in [0.05, 0.1) is 18.2 Å². The molecule has 4 aromatic rings. The highest BCUT2D eigenvalue weighted by atomic mass is 19.1. The summed E-state index contributed by atoms with van der Waals surface area (Å²) in [7, 11) is 1.53. The first kappa shape index (κ1) is 19.4. The fourth-order valence-corrected chi connectivity index (χ4v) is 3.56. The lowest BCUT2D eigenvalue weighted by molar-refractivity contribution is 0.264. The van der Waals surface area contributed by atoms with Gasteiger partial charge in [-0.25, -0.2) is 9.37 Å². The lowest BCUT2D eigenvalue weighted by Gasteiger charge is -2.16. The van der Waals surface area contributed by atoms with Crippen LogP contribution in [0.2, 0.25) is 0 Å². The van der Waals surface area contributed by atoms with Gasteiger partial charge in [0.25, 0.3) is 0 Å². The molecule has 4 N–H and O–H groups in total. The van der Waals surface area contributed by atoms with E-state index in [1.54, 1.807) is 30.3 Å². The van der Waals surface area contributed by atoms with Gasteiger partial charge in [-0.1, -0.05) is 0 Å². The van der Waals surface area contributed by atoms with E-state index in [0.29, 0.717) is 39.9 Å². The number of benzene rings is 2. The van der Waals surface area contributed by atoms with Crippen LogP contribution in [0.5, 0.6) is 28.9 Å². The number of rotatable bonds is 6. The van der Waals surface area contributed by atoms with Crippen molar-refractivity contribution in [1.82, 2.24) is 9.97 Å². The number of methoxy groups -OCH3 is 1. The second-order valence-electron chi connectivity index (χ2n) is 8.04. The van der Waals surface area contributed by atoms with Crippen LogP contribution in [0.25, 0.3) is 21.8 Å². The maximum absolute atomic E-state index is 15.0. The van der Waals surface area contributed by atoms with Crippen molar-refractivity contribution in [2.75, 3.05) is 13.7 Å². The molecular weight excluding hydrogens is 401 g/mol. The predicted octanol–water partition coefficient (Wildman–Crippen LogP) is 4.54. The molecule has 160 valence electrons. The van der Waals surface area contributed by atoms with Gasteiger partial charge in [0, 0.05) is 34.1 Å². The largest absolute Gasteiger partial charge is 0.493 e. The number of nitrogens with zero attached hydrogens (tertiary/aromatic N) is 1. The van der Waals surface area contributed by atoms with E-state index in [0.717, 1.165) is 18.5 Å². The van der Waals surface area contributed by atoms with Gasteiger partial charge < -0.3 is 30.0 Å². The number of halogens is 1. The topological polar surface area (TPSA) is 103 Å². The Morgan fingerprint density at radius 3 is 2.65 bits per heavy atom. The highest BCUT2D eigenvalue weighted by Crippen LogP contribution is 2.41. The van der Waals surface area contributed by atoms with E-state index in [9.17, 15) is 5.11 Å². The number of pyridine rings is 1. The van der Waals surface area contributed by atoms with Crippen molar-refractivity contribution >= 4 is 21.8 Å². The summed E-state index contributed by atoms with van der Waals surface area (Å²) in [6, 6.07) is 9.70. The molecule has 1 aliphatic rings. The van der Waals surface area contributed by atoms with Crippen LogP contribution in [0.1, 0.15) is 18.5 Å². The van der Waals surface area contributed by atoms with Crippen LogP contribution in [-0.4, -0.2) is 34.3 Å². The van der Waals surface area contributed by atoms with E-state index in [1.165, 1.54) is 13.2 Å². The van der Waals surface area contributed by atoms with E-state index in [-0.39, 0.29) is 22.9 Å². The molecule has 2 aromatic carbocycles. The summed E-state index contributed by atoms with van der Waals surface area (Å²) in [5, 5.41) is 11.1. The number of aromatic nitrogens is 2. The molecule has 0 atom stereocenters. The SMILES string of the molecule is COc1cc2c(Oc3ccc4[nH]c(C)cc4c3F)cc(O)nc2cc1OCC1(N)CC1. The van der Waals surface area contributed by atoms with Crippen molar-refractivity contribution in [2.24, 2.45) is 5.73 Å². The van der Waals surface area contributed by atoms with Crippen LogP contribution >= 0.6 is 0 Å². The molecular formula is C23H22FN3O4. The summed E-state index contributed by atoms with van der Waals surface area (Å²) in [6.45, 7) is 2.22. The highest BCUT2D eigenvalue weighted by molar-refractivity contribution is 5.89. The number of hydrogen-bond donors (Lipinski definition) is 3. The molecule has 1 fully saturated rings. The van der Waals surface area contributed by atoms with Crippen LogP contribution in [0.15, 0.2) is 36.4 Å². The van der Waals surface area contributed by atoms with Crippen LogP contribution in [0.4, 0.5) is 4.39 Å². The van der Waals surface area contributed by atoms with Crippen molar-refractivity contribution in [2.45, 2.75) is 25.3 Å². The van der Waals surface area contributed by atoms with Crippen molar-refractivity contribution in [3.8, 4) is 28.9 Å². The van der Waals surface area contributed by atoms with E-state index in [1.807, 2.05) is 6.92 Å². The zero-order chi connectivity index (χ0) is 21.8. The number of ether oxygens (including phenoxy) is 3. The molecule has 5 rings (SSSR count). The second-order valence-corrected chi connectivity index (χ2v) is 8.04. The van der Waals surface area contributed by atoms with Crippen LogP contribution in [0, 0.1) is 12.7 Å². The minimum atomic E-state index is -0.490. The first-order valence-corrected chi connectivity index (χ1v) is 9.94. The average molecular weight is 423 g/mol. The lowest BCUT2D eigenvalue weighted by Crippen LogP contribution is -2.29. The maximum Gasteiger partial charge on any atom is 0.215 e. The molecule has 0 unspecified atom stereocenters. The van der Waals surface area contributed by atoms with Gasteiger partial charge in [0.15, 0.2) is 23.1 Å². The Hall–Kier alpha value is -3.52. The van der Waals surface area contributed by atoms with E-state index < -0.39 is 5.82 Å². The molecule has 0 radical (unpaired) electrons. The van der Waals surface area contributed by atoms with Crippen LogP contribution in [-0.2, 0) is 0 Å². The Kier molecular flexibility index (Phi) is 4.40. The quantitative estimate of drug-likeness (QED) is 0.421. The first-order valence-electron chi connectivity index (χ1n) is 9.94. The molecule has 0 bridgehead atoms. The minimum Gasteiger partial charge on any atom is -0.493 e. The van der Waals surface area contributed by atoms with Crippen LogP contribution < -0.4 is 19.9 Å². The summed E-state index contributed by atoms with van der Waals surface area (Å²) < 4.78 is 32.2. The number of aromatic amines is 1. The third-order valence-corrected chi connectivity index (χ3v) is 5.51. The Labute approximate surface area is 177 Å². The second kappa shape index (κ2) is 7.02. The number of aryl methyl sites for hydroxylation is 1. The Balaban J connectivity index is 1.56. The number of fused-ring (bicyclic) bond motifs is 2. The average Bonchev–Trinajstić information content (AvgIpc) is 3.35. The van der Waals surface area contributed by atoms with Crippen LogP contribution in [0.3, 0.4) is 0 Å². The number of H-pyrrole nitrogens is 1. The van der Waals surface area contributed by atoms with Gasteiger partial charge in [-0.15, -0.1) is 0 Å². The van der Waals surface area contributed by atoms with Gasteiger partial charge in [-0.3, -0.25) is 0 Å². The van der Waals surface area contributed by atoms with Crippen molar-refractivity contribution in [1.29, 1.82) is 0 Å². The summed E-state index contributed by atoms with van der Waals surface area (Å²) in [4.78, 5) is 7.25. The fourth-order valence-electron chi connectivity index (χ4n) is 3.56. The van der Waals surface area contributed by atoms with E-state index in [4.69, 9.17) is 19.9 Å². The Morgan fingerprint density at radius 1 is 1.10 bits per heavy atom. The zero-order valence-corrected chi connectivity index (χ0v) is 17.2. The Morgan fingerprint density at radius 2 is 1.90 bits per heavy atom. The van der Waals surface area contributed by atoms with Gasteiger partial charge in [0.2, 0.25) is 5.88 Å². The molecule has 0 aliphatic heterocycles. The Bertz CT molecular complexity index is 1310. The highest BCUT2D eigenvalue weighted by Gasteiger charge is 2.39. The molecule has 1 aliphatic carbocycles. The van der Waals surface area contributed by atoms with Gasteiger partial charge in [0.1, 0.15) is 12.4 Å². The maximum atomic E-state index is 15.0. The number of aromatic hydroxyl groups is 1. The fraction of sp³-hybridized carbons (Fsp3) is 0.261. The van der Waals surface area contributed by atoms with Crippen molar-refractivity contribution in [3.63, 3.8) is 0 Å². The normalized spacial score (nSPS) is 14.7. The van der Waals surface area contributed by atoms with E-state index >= 15 is 4.39 Å². The minimum absolute atomic E-state index is 0.0384. The molecule has 0 amide bonds. The smallest absolute Gasteiger partial charge is 0.215 e. The third-order valence-electron chi connectivity index (χ3n) is 5.51. The lowest BCUT2D eigenvalue weighted by atomic mass is 10.1. The summed E-state index contributed by atoms with van der Waals surface area (Å²) in [5.41, 5.74) is 7.76. The number of nitrogens with one attached hydrogen (secondary N) is 1. The molecule has 2 heterocycles. The summed E-state index contributed by atoms with van der Waals surface area (Å²) >= 11 is 0. The molecule has 2 aromatic heterocycles. The number of hydrogen-bond acceptors (Lipinski definition) is 6. The molecule has 8 heteroatoms. The molecule has 7 nitrogen and oxygen atoms in total. The van der Waals surface area contributed by atoms with Gasteiger partial charge in [-0.05, 0) is 44.0 Å². The van der Waals surface area contributed by atoms with Crippen molar-refractivity contribution < 1.29 is 23.7 Å². The monoisotopic (exact) mass is 423 g/mol. The summed E-state index contributed by atoms with van der Waals surface area (Å²) in [5.74, 6) is 0.468. The predicted molar refractivity (Wildman–Crippen MR) is 115 cm³/mol. The zero-order valence-electron chi connectivity index (χ0n) is 17.2. The molecule has 31 heavy (non-hydrogen) atoms. The van der Waals surface area contributed by atoms with Crippen molar-refractivity contribution in [3.05, 3.63) is 47.9 Å². The molecule has 0 saturated heterocycles. The van der Waals surface area contributed by atoms with Gasteiger partial charge in [-0.2, -0.15) is 0 Å². The first-order chi connectivity index (χ1) is 14.8.